The molecule has 1 aromatic heterocycles. The summed E-state index contributed by atoms with van der Waals surface area (Å²) in [4.78, 5) is 12.3. The third kappa shape index (κ3) is 3.98. The monoisotopic (exact) mass is 426 g/mol. The quantitative estimate of drug-likeness (QED) is 0.707. The van der Waals surface area contributed by atoms with Crippen molar-refractivity contribution in [2.24, 2.45) is 0 Å². The molecule has 2 fully saturated rings. The standard InChI is InChI=1S/C22H27BrN4/c23-18-9-8-17-14-27(11-10-16(17)12-18)21-13-20(24-19-4-2-1-3-5-19)25-22(26-21)15-6-7-15/h8-9,12-13,15,19H,1-7,10-11,14H2,(H,24,25,26). The largest absolute Gasteiger partial charge is 0.367 e. The Morgan fingerprint density at radius 3 is 2.63 bits per heavy atom. The smallest absolute Gasteiger partial charge is 0.136 e. The van der Waals surface area contributed by atoms with Crippen LogP contribution in [0.15, 0.2) is 28.7 Å². The highest BCUT2D eigenvalue weighted by atomic mass is 79.9. The summed E-state index contributed by atoms with van der Waals surface area (Å²) >= 11 is 3.60. The number of fused-ring (bicyclic) bond motifs is 1. The van der Waals surface area contributed by atoms with Gasteiger partial charge in [0.05, 0.1) is 0 Å². The van der Waals surface area contributed by atoms with E-state index in [1.807, 2.05) is 0 Å². The van der Waals surface area contributed by atoms with Crippen molar-refractivity contribution in [3.8, 4) is 0 Å². The van der Waals surface area contributed by atoms with Crippen molar-refractivity contribution in [3.05, 3.63) is 45.7 Å². The van der Waals surface area contributed by atoms with Crippen LogP contribution in [0, 0.1) is 0 Å². The minimum atomic E-state index is 0.574. The third-order valence-electron chi connectivity index (χ3n) is 6.13. The van der Waals surface area contributed by atoms with Gasteiger partial charge < -0.3 is 10.2 Å². The number of rotatable bonds is 4. The van der Waals surface area contributed by atoms with E-state index in [9.17, 15) is 0 Å². The first-order valence-corrected chi connectivity index (χ1v) is 11.2. The summed E-state index contributed by atoms with van der Waals surface area (Å²) in [6.45, 7) is 1.96. The van der Waals surface area contributed by atoms with Crippen LogP contribution in [0.2, 0.25) is 0 Å². The normalized spacial score (nSPS) is 20.4. The van der Waals surface area contributed by atoms with Gasteiger partial charge in [-0.05, 0) is 55.4 Å². The van der Waals surface area contributed by atoms with Gasteiger partial charge in [-0.1, -0.05) is 41.3 Å². The number of benzene rings is 1. The average molecular weight is 427 g/mol. The molecule has 2 heterocycles. The number of nitrogens with zero attached hydrogens (tertiary/aromatic N) is 3. The van der Waals surface area contributed by atoms with Crippen LogP contribution in [0.25, 0.3) is 0 Å². The Labute approximate surface area is 169 Å². The van der Waals surface area contributed by atoms with Gasteiger partial charge in [-0.15, -0.1) is 0 Å². The Bertz CT molecular complexity index is 827. The second-order valence-electron chi connectivity index (χ2n) is 8.31. The summed E-state index contributed by atoms with van der Waals surface area (Å²) in [5.41, 5.74) is 2.87. The van der Waals surface area contributed by atoms with E-state index in [1.54, 1.807) is 0 Å². The van der Waals surface area contributed by atoms with Gasteiger partial charge in [0.15, 0.2) is 0 Å². The first-order valence-electron chi connectivity index (χ1n) is 10.4. The maximum absolute atomic E-state index is 4.97. The van der Waals surface area contributed by atoms with E-state index in [2.05, 4.69) is 50.4 Å². The molecule has 142 valence electrons. The highest BCUT2D eigenvalue weighted by molar-refractivity contribution is 9.10. The van der Waals surface area contributed by atoms with Gasteiger partial charge in [-0.2, -0.15) is 0 Å². The van der Waals surface area contributed by atoms with Crippen molar-refractivity contribution in [2.45, 2.75) is 69.9 Å². The molecule has 2 saturated carbocycles. The number of aromatic nitrogens is 2. The molecule has 1 aromatic carbocycles. The van der Waals surface area contributed by atoms with Crippen LogP contribution in [0.4, 0.5) is 11.6 Å². The summed E-state index contributed by atoms with van der Waals surface area (Å²) in [6, 6.07) is 9.42. The molecule has 3 aliphatic rings. The Balaban J connectivity index is 1.40. The van der Waals surface area contributed by atoms with E-state index < -0.39 is 0 Å². The van der Waals surface area contributed by atoms with Gasteiger partial charge in [0, 0.05) is 35.6 Å². The predicted molar refractivity (Wildman–Crippen MR) is 113 cm³/mol. The number of nitrogens with one attached hydrogen (secondary N) is 1. The van der Waals surface area contributed by atoms with Crippen molar-refractivity contribution in [1.29, 1.82) is 0 Å². The van der Waals surface area contributed by atoms with E-state index in [0.717, 1.165) is 37.0 Å². The van der Waals surface area contributed by atoms with Crippen molar-refractivity contribution < 1.29 is 0 Å². The highest BCUT2D eigenvalue weighted by Gasteiger charge is 2.29. The molecule has 0 atom stereocenters. The molecule has 0 unspecified atom stereocenters. The topological polar surface area (TPSA) is 41.0 Å². The number of hydrogen-bond acceptors (Lipinski definition) is 4. The fourth-order valence-electron chi connectivity index (χ4n) is 4.39. The minimum Gasteiger partial charge on any atom is -0.367 e. The molecule has 0 radical (unpaired) electrons. The first-order chi connectivity index (χ1) is 13.2. The van der Waals surface area contributed by atoms with Gasteiger partial charge in [0.2, 0.25) is 0 Å². The second-order valence-corrected chi connectivity index (χ2v) is 9.22. The van der Waals surface area contributed by atoms with Gasteiger partial charge in [0.25, 0.3) is 0 Å². The van der Waals surface area contributed by atoms with E-state index in [1.165, 1.54) is 60.5 Å². The van der Waals surface area contributed by atoms with E-state index >= 15 is 0 Å². The predicted octanol–water partition coefficient (Wildman–Crippen LogP) is 5.42. The number of halogens is 1. The molecule has 1 N–H and O–H groups in total. The molecule has 0 saturated heterocycles. The van der Waals surface area contributed by atoms with Crippen molar-refractivity contribution >= 4 is 27.6 Å². The SMILES string of the molecule is Brc1ccc2c(c1)CCN(c1cc(NC3CCCCC3)nc(C3CC3)n1)C2. The Hall–Kier alpha value is -1.62. The molecule has 1 aliphatic heterocycles. The minimum absolute atomic E-state index is 0.574. The summed E-state index contributed by atoms with van der Waals surface area (Å²) < 4.78 is 1.17. The lowest BCUT2D eigenvalue weighted by Crippen LogP contribution is -2.31. The molecule has 27 heavy (non-hydrogen) atoms. The average Bonchev–Trinajstić information content (AvgIpc) is 3.53. The highest BCUT2D eigenvalue weighted by Crippen LogP contribution is 2.39. The third-order valence-corrected chi connectivity index (χ3v) is 6.63. The fraction of sp³-hybridized carbons (Fsp3) is 0.545. The molecule has 5 rings (SSSR count). The summed E-state index contributed by atoms with van der Waals surface area (Å²) in [5, 5.41) is 3.73. The van der Waals surface area contributed by atoms with Crippen LogP contribution in [0.1, 0.15) is 67.8 Å². The number of anilines is 2. The van der Waals surface area contributed by atoms with E-state index in [0.29, 0.717) is 12.0 Å². The maximum Gasteiger partial charge on any atom is 0.136 e. The van der Waals surface area contributed by atoms with Gasteiger partial charge in [-0.25, -0.2) is 9.97 Å². The zero-order chi connectivity index (χ0) is 18.2. The lowest BCUT2D eigenvalue weighted by atomic mass is 9.95. The maximum atomic E-state index is 4.97. The van der Waals surface area contributed by atoms with Crippen molar-refractivity contribution in [3.63, 3.8) is 0 Å². The molecule has 4 nitrogen and oxygen atoms in total. The second kappa shape index (κ2) is 7.42. The lowest BCUT2D eigenvalue weighted by molar-refractivity contribution is 0.461. The zero-order valence-electron chi connectivity index (χ0n) is 15.8. The molecule has 2 aromatic rings. The fourth-order valence-corrected chi connectivity index (χ4v) is 4.79. The molecular formula is C22H27BrN4. The summed E-state index contributed by atoms with van der Waals surface area (Å²) in [6.07, 6.45) is 10.1. The number of hydrogen-bond donors (Lipinski definition) is 1. The van der Waals surface area contributed by atoms with Gasteiger partial charge in [0.1, 0.15) is 17.5 Å². The Morgan fingerprint density at radius 2 is 1.81 bits per heavy atom. The molecule has 5 heteroatoms. The van der Waals surface area contributed by atoms with Crippen molar-refractivity contribution in [2.75, 3.05) is 16.8 Å². The zero-order valence-corrected chi connectivity index (χ0v) is 17.3. The Kier molecular flexibility index (Phi) is 4.80. The van der Waals surface area contributed by atoms with Gasteiger partial charge >= 0.3 is 0 Å². The summed E-state index contributed by atoms with van der Waals surface area (Å²) in [7, 11) is 0. The van der Waals surface area contributed by atoms with Crippen LogP contribution in [-0.2, 0) is 13.0 Å². The van der Waals surface area contributed by atoms with E-state index in [-0.39, 0.29) is 0 Å². The van der Waals surface area contributed by atoms with Crippen LogP contribution in [-0.4, -0.2) is 22.6 Å². The van der Waals surface area contributed by atoms with Crippen LogP contribution < -0.4 is 10.2 Å². The Morgan fingerprint density at radius 1 is 0.963 bits per heavy atom. The van der Waals surface area contributed by atoms with Crippen molar-refractivity contribution in [1.82, 2.24) is 9.97 Å². The van der Waals surface area contributed by atoms with Crippen LogP contribution in [0.5, 0.6) is 0 Å². The molecule has 0 amide bonds. The van der Waals surface area contributed by atoms with Gasteiger partial charge in [-0.3, -0.25) is 0 Å². The molecule has 0 spiro atoms. The van der Waals surface area contributed by atoms with E-state index in [4.69, 9.17) is 9.97 Å². The molecular weight excluding hydrogens is 400 g/mol. The molecule has 0 bridgehead atoms. The first kappa shape index (κ1) is 17.5. The van der Waals surface area contributed by atoms with Crippen LogP contribution >= 0.6 is 15.9 Å². The molecule has 2 aliphatic carbocycles. The van der Waals surface area contributed by atoms with Crippen LogP contribution in [0.3, 0.4) is 0 Å². The lowest BCUT2D eigenvalue weighted by Gasteiger charge is -2.31. The summed E-state index contributed by atoms with van der Waals surface area (Å²) in [5.74, 6) is 3.76.